The van der Waals surface area contributed by atoms with E-state index in [1.54, 1.807) is 6.92 Å². The van der Waals surface area contributed by atoms with Crippen molar-refractivity contribution >= 4 is 5.97 Å². The Morgan fingerprint density at radius 1 is 1.36 bits per heavy atom. The molecule has 1 fully saturated rings. The number of hydrogen-bond acceptors (Lipinski definition) is 5. The monoisotopic (exact) mass is 389 g/mol. The van der Waals surface area contributed by atoms with Crippen LogP contribution in [0.1, 0.15) is 25.3 Å². The number of ether oxygens (including phenoxy) is 3. The van der Waals surface area contributed by atoms with E-state index in [2.05, 4.69) is 4.98 Å². The molecule has 0 saturated heterocycles. The van der Waals surface area contributed by atoms with Gasteiger partial charge in [-0.25, -0.2) is 9.37 Å². The molecule has 0 amide bonds. The van der Waals surface area contributed by atoms with Gasteiger partial charge >= 0.3 is 5.97 Å². The fraction of sp³-hybridized carbons (Fsp3) is 0.429. The van der Waals surface area contributed by atoms with Crippen molar-refractivity contribution in [3.8, 4) is 17.4 Å². The van der Waals surface area contributed by atoms with Gasteiger partial charge in [0.05, 0.1) is 31.9 Å². The predicted octanol–water partition coefficient (Wildman–Crippen LogP) is 3.73. The third-order valence-corrected chi connectivity index (χ3v) is 4.84. The van der Waals surface area contributed by atoms with Crippen LogP contribution in [0, 0.1) is 17.7 Å². The van der Waals surface area contributed by atoms with E-state index < -0.39 is 17.7 Å². The van der Waals surface area contributed by atoms with Gasteiger partial charge in [-0.05, 0) is 42.9 Å². The van der Waals surface area contributed by atoms with E-state index in [0.717, 1.165) is 30.4 Å². The number of rotatable bonds is 9. The second-order valence-electron chi connectivity index (χ2n) is 7.14. The van der Waals surface area contributed by atoms with Gasteiger partial charge in [0.25, 0.3) is 0 Å². The lowest BCUT2D eigenvalue weighted by molar-refractivity contribution is -0.141. The summed E-state index contributed by atoms with van der Waals surface area (Å²) in [4.78, 5) is 14.8. The number of benzene rings is 1. The highest BCUT2D eigenvalue weighted by molar-refractivity contribution is 5.69. The highest BCUT2D eigenvalue weighted by Gasteiger charge is 2.32. The lowest BCUT2D eigenvalue weighted by atomic mass is 9.83. The summed E-state index contributed by atoms with van der Waals surface area (Å²) >= 11 is 0. The van der Waals surface area contributed by atoms with Crippen LogP contribution in [0.25, 0.3) is 0 Å². The standard InChI is InChI=1S/C21H24FNO5/c1-13(21(24)25)6-14-4-3-5-16(7-14)27-12-15-8-17(9-15)28-19-10-20(26-2)23-11-18(19)22/h3-5,7,10-11,13,15,17H,6,8-9,12H2,1-2H3,(H,24,25). The van der Waals surface area contributed by atoms with E-state index in [1.165, 1.54) is 13.2 Å². The molecule has 0 spiro atoms. The van der Waals surface area contributed by atoms with E-state index in [0.29, 0.717) is 24.8 Å². The molecule has 7 heteroatoms. The summed E-state index contributed by atoms with van der Waals surface area (Å²) in [6.45, 7) is 2.23. The zero-order chi connectivity index (χ0) is 20.1. The van der Waals surface area contributed by atoms with Gasteiger partial charge in [-0.1, -0.05) is 19.1 Å². The number of aromatic nitrogens is 1. The minimum Gasteiger partial charge on any atom is -0.493 e. The molecule has 2 aromatic rings. The zero-order valence-corrected chi connectivity index (χ0v) is 15.9. The van der Waals surface area contributed by atoms with Crippen molar-refractivity contribution in [1.82, 2.24) is 4.98 Å². The Labute approximate surface area is 163 Å². The molecule has 1 unspecified atom stereocenters. The molecule has 0 aliphatic heterocycles. The number of methoxy groups -OCH3 is 1. The molecule has 1 N–H and O–H groups in total. The molecule has 1 saturated carbocycles. The van der Waals surface area contributed by atoms with Crippen molar-refractivity contribution in [1.29, 1.82) is 0 Å². The minimum absolute atomic E-state index is 0.0574. The maximum absolute atomic E-state index is 13.8. The van der Waals surface area contributed by atoms with Gasteiger partial charge in [0.15, 0.2) is 11.6 Å². The van der Waals surface area contributed by atoms with E-state index >= 15 is 0 Å². The summed E-state index contributed by atoms with van der Waals surface area (Å²) < 4.78 is 30.3. The fourth-order valence-electron chi connectivity index (χ4n) is 3.11. The number of carbonyl (C=O) groups is 1. The molecule has 1 aromatic heterocycles. The predicted molar refractivity (Wildman–Crippen MR) is 100 cm³/mol. The summed E-state index contributed by atoms with van der Waals surface area (Å²) in [5, 5.41) is 9.03. The van der Waals surface area contributed by atoms with E-state index in [-0.39, 0.29) is 11.9 Å². The number of hydrogen-bond donors (Lipinski definition) is 1. The SMILES string of the molecule is COc1cc(OC2CC(COc3cccc(CC(C)C(=O)O)c3)C2)c(F)cn1. The summed E-state index contributed by atoms with van der Waals surface area (Å²) in [6.07, 6.45) is 3.05. The maximum atomic E-state index is 13.8. The molecule has 1 aliphatic rings. The van der Waals surface area contributed by atoms with Crippen LogP contribution in [0.2, 0.25) is 0 Å². The van der Waals surface area contributed by atoms with Gasteiger partial charge in [0, 0.05) is 6.07 Å². The number of halogens is 1. The van der Waals surface area contributed by atoms with Crippen LogP contribution in [0.4, 0.5) is 4.39 Å². The average Bonchev–Trinajstić information content (AvgIpc) is 2.65. The van der Waals surface area contributed by atoms with Crippen LogP contribution in [0.15, 0.2) is 36.5 Å². The topological polar surface area (TPSA) is 77.9 Å². The van der Waals surface area contributed by atoms with Crippen LogP contribution in [-0.4, -0.2) is 35.9 Å². The van der Waals surface area contributed by atoms with Crippen LogP contribution < -0.4 is 14.2 Å². The fourth-order valence-corrected chi connectivity index (χ4v) is 3.11. The summed E-state index contributed by atoms with van der Waals surface area (Å²) in [6, 6.07) is 8.95. The molecule has 3 rings (SSSR count). The number of carboxylic acid groups (broad SMARTS) is 1. The molecular formula is C21H24FNO5. The van der Waals surface area contributed by atoms with Crippen LogP contribution in [0.5, 0.6) is 17.4 Å². The molecule has 0 bridgehead atoms. The third kappa shape index (κ3) is 5.12. The van der Waals surface area contributed by atoms with Crippen molar-refractivity contribution in [2.24, 2.45) is 11.8 Å². The quantitative estimate of drug-likeness (QED) is 0.704. The molecule has 6 nitrogen and oxygen atoms in total. The average molecular weight is 389 g/mol. The van der Waals surface area contributed by atoms with Crippen molar-refractivity contribution in [3.63, 3.8) is 0 Å². The zero-order valence-electron chi connectivity index (χ0n) is 15.9. The molecule has 28 heavy (non-hydrogen) atoms. The number of pyridine rings is 1. The van der Waals surface area contributed by atoms with Crippen LogP contribution in [0.3, 0.4) is 0 Å². The molecule has 1 atom stereocenters. The molecule has 1 heterocycles. The number of nitrogens with zero attached hydrogens (tertiary/aromatic N) is 1. The minimum atomic E-state index is -0.810. The van der Waals surface area contributed by atoms with Gasteiger partial charge in [-0.15, -0.1) is 0 Å². The first-order valence-electron chi connectivity index (χ1n) is 9.25. The Morgan fingerprint density at radius 3 is 2.86 bits per heavy atom. The van der Waals surface area contributed by atoms with Crippen molar-refractivity contribution in [2.45, 2.75) is 32.3 Å². The van der Waals surface area contributed by atoms with E-state index in [4.69, 9.17) is 19.3 Å². The van der Waals surface area contributed by atoms with Crippen LogP contribution >= 0.6 is 0 Å². The second-order valence-corrected chi connectivity index (χ2v) is 7.14. The van der Waals surface area contributed by atoms with E-state index in [9.17, 15) is 9.18 Å². The smallest absolute Gasteiger partial charge is 0.306 e. The van der Waals surface area contributed by atoms with Crippen LogP contribution in [-0.2, 0) is 11.2 Å². The Morgan fingerprint density at radius 2 is 2.14 bits per heavy atom. The molecule has 1 aromatic carbocycles. The van der Waals surface area contributed by atoms with Gasteiger partial charge in [0.1, 0.15) is 5.75 Å². The van der Waals surface area contributed by atoms with Gasteiger partial charge < -0.3 is 19.3 Å². The first-order chi connectivity index (χ1) is 13.4. The Kier molecular flexibility index (Phi) is 6.34. The second kappa shape index (κ2) is 8.91. The lowest BCUT2D eigenvalue weighted by Gasteiger charge is -2.35. The Bertz CT molecular complexity index is 822. The van der Waals surface area contributed by atoms with Gasteiger partial charge in [0.2, 0.25) is 5.88 Å². The summed E-state index contributed by atoms with van der Waals surface area (Å²) in [5.74, 6) is -0.234. The summed E-state index contributed by atoms with van der Waals surface area (Å²) in [7, 11) is 1.47. The highest BCUT2D eigenvalue weighted by Crippen LogP contribution is 2.33. The van der Waals surface area contributed by atoms with E-state index in [1.807, 2.05) is 24.3 Å². The van der Waals surface area contributed by atoms with Crippen molar-refractivity contribution in [2.75, 3.05) is 13.7 Å². The summed E-state index contributed by atoms with van der Waals surface area (Å²) in [5.41, 5.74) is 0.935. The largest absolute Gasteiger partial charge is 0.493 e. The first kappa shape index (κ1) is 19.9. The van der Waals surface area contributed by atoms with Gasteiger partial charge in [-0.2, -0.15) is 0 Å². The Hall–Kier alpha value is -2.83. The van der Waals surface area contributed by atoms with Crippen molar-refractivity contribution < 1.29 is 28.5 Å². The number of carboxylic acids is 1. The van der Waals surface area contributed by atoms with Gasteiger partial charge in [-0.3, -0.25) is 4.79 Å². The normalized spacial score (nSPS) is 19.4. The maximum Gasteiger partial charge on any atom is 0.306 e. The molecule has 0 radical (unpaired) electrons. The number of aliphatic carboxylic acids is 1. The molecular weight excluding hydrogens is 365 g/mol. The lowest BCUT2D eigenvalue weighted by Crippen LogP contribution is -2.37. The molecule has 1 aliphatic carbocycles. The Balaban J connectivity index is 1.45. The first-order valence-corrected chi connectivity index (χ1v) is 9.25. The third-order valence-electron chi connectivity index (χ3n) is 4.84. The molecule has 150 valence electrons. The van der Waals surface area contributed by atoms with Crippen molar-refractivity contribution in [3.05, 3.63) is 47.9 Å². The highest BCUT2D eigenvalue weighted by atomic mass is 19.1.